The molecule has 2 aliphatic rings. The molecule has 1 fully saturated rings. The van der Waals surface area contributed by atoms with Crippen LogP contribution in [0, 0.1) is 0 Å². The molecule has 4 N–H and O–H groups in total. The molecule has 4 amide bonds. The largest absolute Gasteiger partial charge is 0.507 e. The molecule has 0 bridgehead atoms. The number of imide groups is 1. The van der Waals surface area contributed by atoms with Crippen LogP contribution < -0.4 is 20.9 Å². The van der Waals surface area contributed by atoms with Gasteiger partial charge in [-0.3, -0.25) is 39.7 Å². The lowest BCUT2D eigenvalue weighted by molar-refractivity contribution is -0.123. The molecule has 0 aromatic heterocycles. The zero-order valence-corrected chi connectivity index (χ0v) is 24.9. The van der Waals surface area contributed by atoms with Crippen molar-refractivity contribution >= 4 is 29.4 Å². The Morgan fingerprint density at radius 1 is 0.864 bits per heavy atom. The molecular formula is C33H34N4O7. The molecule has 11 heteroatoms. The zero-order valence-electron chi connectivity index (χ0n) is 24.9. The van der Waals surface area contributed by atoms with Gasteiger partial charge in [-0.1, -0.05) is 30.3 Å². The SMILES string of the molecule is CC1(C)CC(N2C(=O)c3ccc(C(=O)NNC(=O)COc4ccc(C(=O)c5ccccc5)c(O)c4)cc3C2=O)CC(C)(C)N1. The van der Waals surface area contributed by atoms with Gasteiger partial charge in [-0.25, -0.2) is 0 Å². The van der Waals surface area contributed by atoms with Crippen LogP contribution in [0.5, 0.6) is 11.5 Å². The minimum absolute atomic E-state index is 0.0846. The molecule has 0 radical (unpaired) electrons. The predicted octanol–water partition coefficient (Wildman–Crippen LogP) is 3.37. The highest BCUT2D eigenvalue weighted by Crippen LogP contribution is 2.36. The standard InChI is InChI=1S/C33H34N4O7/c1-32(2)16-21(17-33(3,4)36-32)37-30(42)23-12-10-20(14-25(23)31(37)43)29(41)35-34-27(39)18-44-22-11-13-24(26(38)15-22)28(40)19-8-6-5-7-9-19/h5-15,21,36,38H,16-18H2,1-4H3,(H,34,39)(H,35,41). The molecule has 2 aliphatic heterocycles. The summed E-state index contributed by atoms with van der Waals surface area (Å²) in [6, 6.07) is 16.5. The van der Waals surface area contributed by atoms with Crippen LogP contribution in [0.3, 0.4) is 0 Å². The first-order chi connectivity index (χ1) is 20.7. The van der Waals surface area contributed by atoms with Gasteiger partial charge in [-0.05, 0) is 70.9 Å². The number of piperidine rings is 1. The van der Waals surface area contributed by atoms with Crippen molar-refractivity contribution in [1.82, 2.24) is 21.1 Å². The third kappa shape index (κ3) is 6.32. The number of hydrogen-bond donors (Lipinski definition) is 4. The zero-order chi connectivity index (χ0) is 31.8. The lowest BCUT2D eigenvalue weighted by Crippen LogP contribution is -2.62. The number of phenolic OH excluding ortho intramolecular Hbond substituents is 1. The summed E-state index contributed by atoms with van der Waals surface area (Å²) in [5.41, 5.74) is 4.91. The number of benzene rings is 3. The van der Waals surface area contributed by atoms with Gasteiger partial charge in [-0.2, -0.15) is 0 Å². The van der Waals surface area contributed by atoms with Gasteiger partial charge >= 0.3 is 0 Å². The van der Waals surface area contributed by atoms with E-state index in [1.807, 2.05) is 27.7 Å². The first-order valence-electron chi connectivity index (χ1n) is 14.2. The minimum atomic E-state index is -0.697. The van der Waals surface area contributed by atoms with Gasteiger partial charge < -0.3 is 15.2 Å². The highest BCUT2D eigenvalue weighted by Gasteiger charge is 2.47. The van der Waals surface area contributed by atoms with Crippen molar-refractivity contribution < 1.29 is 33.8 Å². The van der Waals surface area contributed by atoms with Crippen molar-refractivity contribution in [2.75, 3.05) is 6.61 Å². The Kier molecular flexibility index (Phi) is 8.00. The van der Waals surface area contributed by atoms with Crippen molar-refractivity contribution in [3.05, 3.63) is 94.5 Å². The smallest absolute Gasteiger partial charge is 0.276 e. The fourth-order valence-corrected chi connectivity index (χ4v) is 6.11. The second-order valence-electron chi connectivity index (χ2n) is 12.4. The number of ketones is 1. The number of phenols is 1. The predicted molar refractivity (Wildman–Crippen MR) is 160 cm³/mol. The van der Waals surface area contributed by atoms with Crippen LogP contribution in [-0.2, 0) is 4.79 Å². The number of fused-ring (bicyclic) bond motifs is 1. The average molecular weight is 599 g/mol. The van der Waals surface area contributed by atoms with E-state index in [9.17, 15) is 29.1 Å². The van der Waals surface area contributed by atoms with Crippen molar-refractivity contribution in [3.63, 3.8) is 0 Å². The highest BCUT2D eigenvalue weighted by molar-refractivity contribution is 6.22. The van der Waals surface area contributed by atoms with Crippen LogP contribution in [-0.4, -0.2) is 63.1 Å². The van der Waals surface area contributed by atoms with Gasteiger partial charge in [0.1, 0.15) is 11.5 Å². The number of nitrogens with one attached hydrogen (secondary N) is 3. The Hall–Kier alpha value is -5.03. The van der Waals surface area contributed by atoms with Crippen molar-refractivity contribution in [1.29, 1.82) is 0 Å². The van der Waals surface area contributed by atoms with E-state index in [4.69, 9.17) is 4.74 Å². The molecule has 0 unspecified atom stereocenters. The molecule has 1 saturated heterocycles. The number of carbonyl (C=O) groups excluding carboxylic acids is 5. The van der Waals surface area contributed by atoms with Crippen LogP contribution >= 0.6 is 0 Å². The summed E-state index contributed by atoms with van der Waals surface area (Å²) in [7, 11) is 0. The third-order valence-electron chi connectivity index (χ3n) is 7.65. The molecule has 44 heavy (non-hydrogen) atoms. The molecule has 0 atom stereocenters. The summed E-state index contributed by atoms with van der Waals surface area (Å²) in [6.45, 7) is 7.65. The van der Waals surface area contributed by atoms with Gasteiger partial charge in [-0.15, -0.1) is 0 Å². The first-order valence-corrected chi connectivity index (χ1v) is 14.2. The van der Waals surface area contributed by atoms with Crippen LogP contribution in [0.25, 0.3) is 0 Å². The molecule has 0 spiro atoms. The van der Waals surface area contributed by atoms with Crippen LogP contribution in [0.2, 0.25) is 0 Å². The normalized spacial score (nSPS) is 17.1. The quantitative estimate of drug-likeness (QED) is 0.183. The van der Waals surface area contributed by atoms with Crippen LogP contribution in [0.15, 0.2) is 66.7 Å². The summed E-state index contributed by atoms with van der Waals surface area (Å²) in [5, 5.41) is 13.9. The monoisotopic (exact) mass is 598 g/mol. The number of rotatable bonds is 7. The Balaban J connectivity index is 1.17. The third-order valence-corrected chi connectivity index (χ3v) is 7.65. The van der Waals surface area contributed by atoms with E-state index < -0.39 is 24.3 Å². The van der Waals surface area contributed by atoms with E-state index >= 15 is 0 Å². The van der Waals surface area contributed by atoms with Crippen LogP contribution in [0.4, 0.5) is 0 Å². The number of hydrazine groups is 1. The van der Waals surface area contributed by atoms with E-state index in [2.05, 4.69) is 16.2 Å². The molecular weight excluding hydrogens is 564 g/mol. The topological polar surface area (TPSA) is 154 Å². The first kappa shape index (κ1) is 30.4. The fourth-order valence-electron chi connectivity index (χ4n) is 6.11. The number of aromatic hydroxyl groups is 1. The van der Waals surface area contributed by atoms with E-state index in [0.29, 0.717) is 18.4 Å². The van der Waals surface area contributed by atoms with Gasteiger partial charge in [0.05, 0.1) is 16.7 Å². The number of nitrogens with zero attached hydrogens (tertiary/aromatic N) is 1. The summed E-state index contributed by atoms with van der Waals surface area (Å²) >= 11 is 0. The lowest BCUT2D eigenvalue weighted by atomic mass is 9.79. The number of ether oxygens (including phenoxy) is 1. The van der Waals surface area contributed by atoms with Crippen molar-refractivity contribution in [2.45, 2.75) is 57.7 Å². The van der Waals surface area contributed by atoms with E-state index in [1.54, 1.807) is 30.3 Å². The van der Waals surface area contributed by atoms with Gasteiger partial charge in [0.2, 0.25) is 0 Å². The average Bonchev–Trinajstić information content (AvgIpc) is 3.22. The lowest BCUT2D eigenvalue weighted by Gasteiger charge is -2.48. The summed E-state index contributed by atoms with van der Waals surface area (Å²) < 4.78 is 5.39. The maximum atomic E-state index is 13.4. The van der Waals surface area contributed by atoms with E-state index in [-0.39, 0.29) is 62.6 Å². The van der Waals surface area contributed by atoms with E-state index in [0.717, 1.165) is 0 Å². The Morgan fingerprint density at radius 3 is 2.18 bits per heavy atom. The molecule has 2 heterocycles. The second-order valence-corrected chi connectivity index (χ2v) is 12.4. The molecule has 0 saturated carbocycles. The number of hydrogen-bond acceptors (Lipinski definition) is 8. The van der Waals surface area contributed by atoms with Crippen LogP contribution in [0.1, 0.15) is 87.5 Å². The molecule has 0 aliphatic carbocycles. The van der Waals surface area contributed by atoms with Crippen molar-refractivity contribution in [2.24, 2.45) is 0 Å². The number of carbonyl (C=O) groups is 5. The van der Waals surface area contributed by atoms with Gasteiger partial charge in [0, 0.05) is 34.3 Å². The molecule has 3 aromatic carbocycles. The molecule has 11 nitrogen and oxygen atoms in total. The fraction of sp³-hybridized carbons (Fsp3) is 0.303. The van der Waals surface area contributed by atoms with Gasteiger partial charge in [0.15, 0.2) is 12.4 Å². The maximum Gasteiger partial charge on any atom is 0.276 e. The Labute approximate surface area is 254 Å². The van der Waals surface area contributed by atoms with Crippen molar-refractivity contribution in [3.8, 4) is 11.5 Å². The summed E-state index contributed by atoms with van der Waals surface area (Å²) in [6.07, 6.45) is 1.19. The highest BCUT2D eigenvalue weighted by atomic mass is 16.5. The Bertz CT molecular complexity index is 1650. The number of amides is 4. The Morgan fingerprint density at radius 2 is 1.52 bits per heavy atom. The summed E-state index contributed by atoms with van der Waals surface area (Å²) in [4.78, 5) is 65.6. The summed E-state index contributed by atoms with van der Waals surface area (Å²) in [5.74, 6) is -2.75. The minimum Gasteiger partial charge on any atom is -0.507 e. The molecule has 5 rings (SSSR count). The van der Waals surface area contributed by atoms with E-state index in [1.165, 1.54) is 41.3 Å². The second kappa shape index (κ2) is 11.6. The molecule has 228 valence electrons. The maximum absolute atomic E-state index is 13.4. The molecule has 3 aromatic rings. The van der Waals surface area contributed by atoms with Gasteiger partial charge in [0.25, 0.3) is 23.6 Å².